The number of hydrogen-bond donors (Lipinski definition) is 0. The average Bonchev–Trinajstić information content (AvgIpc) is 1.59. The van der Waals surface area contributed by atoms with Crippen molar-refractivity contribution in [3.63, 3.8) is 0 Å². The van der Waals surface area contributed by atoms with Crippen LogP contribution in [0, 0.1) is 52.0 Å². The van der Waals surface area contributed by atoms with Crippen molar-refractivity contribution in [1.82, 2.24) is 0 Å². The van der Waals surface area contributed by atoms with Crippen LogP contribution in [0.3, 0.4) is 0 Å². The summed E-state index contributed by atoms with van der Waals surface area (Å²) in [6, 6.07) is 40.2. The second-order valence-electron chi connectivity index (χ2n) is 29.5. The number of benzene rings is 8. The maximum atomic E-state index is 12.5. The number of alkyl halides is 12. The molecule has 0 N–H and O–H groups in total. The Balaban J connectivity index is 0.000000232. The molecule has 8 aromatic carbocycles. The maximum absolute atomic E-state index is 12.5. The second kappa shape index (κ2) is 34.5. The molecule has 12 rings (SSSR count). The largest absolute Gasteiger partial charge is 1.00 e. The molecule has 0 bridgehead atoms. The van der Waals surface area contributed by atoms with Gasteiger partial charge in [-0.15, -0.1) is 46.2 Å². The van der Waals surface area contributed by atoms with E-state index in [1.54, 1.807) is 0 Å². The Bertz CT molecular complexity index is 3800. The van der Waals surface area contributed by atoms with Gasteiger partial charge in [0.2, 0.25) is 0 Å². The minimum atomic E-state index is -4.41. The first kappa shape index (κ1) is 86.6. The van der Waals surface area contributed by atoms with Gasteiger partial charge in [0.1, 0.15) is 0 Å². The van der Waals surface area contributed by atoms with Gasteiger partial charge in [-0.25, -0.2) is 24.3 Å². The molecule has 0 heterocycles. The number of fused-ring (bicyclic) bond motifs is 6. The Morgan fingerprint density at radius 2 is 0.569 bits per heavy atom. The fourth-order valence-corrected chi connectivity index (χ4v) is 14.0. The van der Waals surface area contributed by atoms with Crippen LogP contribution in [0.25, 0.3) is 22.3 Å². The van der Waals surface area contributed by atoms with Crippen LogP contribution in [0.15, 0.2) is 170 Å². The van der Waals surface area contributed by atoms with Crippen molar-refractivity contribution >= 4 is 6.41 Å². The van der Waals surface area contributed by atoms with Gasteiger partial charge in [0.15, 0.2) is 0 Å². The van der Waals surface area contributed by atoms with E-state index in [0.717, 1.165) is 123 Å². The van der Waals surface area contributed by atoms with Crippen molar-refractivity contribution in [1.29, 1.82) is 0 Å². The predicted octanol–water partition coefficient (Wildman–Crippen LogP) is 18.8. The van der Waals surface area contributed by atoms with Gasteiger partial charge in [0.05, 0.1) is 0 Å². The van der Waals surface area contributed by atoms with E-state index in [9.17, 15) is 52.7 Å². The molecule has 0 radical (unpaired) electrons. The first-order valence-corrected chi connectivity index (χ1v) is 35.3. The summed E-state index contributed by atoms with van der Waals surface area (Å²) >= 11 is 1.80. The van der Waals surface area contributed by atoms with Crippen LogP contribution in [0.5, 0.6) is 0 Å². The van der Waals surface area contributed by atoms with Gasteiger partial charge in [-0.05, 0) is 70.9 Å². The van der Waals surface area contributed by atoms with Crippen LogP contribution in [-0.4, -0.2) is 6.41 Å². The molecular weight excluding hydrogens is 1510 g/mol. The minimum absolute atomic E-state index is 0. The van der Waals surface area contributed by atoms with Crippen LogP contribution in [0.4, 0.5) is 52.7 Å². The first-order valence-electron chi connectivity index (χ1n) is 32.9. The third-order valence-corrected chi connectivity index (χ3v) is 20.2. The van der Waals surface area contributed by atoms with Crippen LogP contribution in [-0.2, 0) is 108 Å². The van der Waals surface area contributed by atoms with Crippen molar-refractivity contribution in [2.24, 2.45) is 0 Å². The topological polar surface area (TPSA) is 0 Å². The normalized spacial score (nSPS) is 13.3. The maximum Gasteiger partial charge on any atom is -0.109 e. The summed E-state index contributed by atoms with van der Waals surface area (Å²) in [5.74, 6) is 0. The SMILES string of the molecule is Cc1[c-]c2c(cc1C(C)(C)C)-c1cc(C(C)(C)C)c(C)cc1C2.Cc1[c-]c2c(cc1C(C)(C)C)-c1cc(C(C)(C)C)c(C)cc1C2.FC(F)(F)c1ccc([C](=[Zr+2])c2ccc(C(F)(F)F)cc2)cc1.FC(F)(F)c1ccc([C](=[Zr+2])c2ccc(C(F)(F)F)cc2)cc1.[C-]1=CC=CC1.[C-]1=CC=CC1.[Cl-].[Cl-]. The molecule has 0 saturated carbocycles. The quantitative estimate of drug-likeness (QED) is 0.122. The Hall–Kier alpha value is -6.03. The van der Waals surface area contributed by atoms with Gasteiger partial charge in [0, 0.05) is 0 Å². The van der Waals surface area contributed by atoms with Crippen LogP contribution < -0.4 is 24.8 Å². The summed E-state index contributed by atoms with van der Waals surface area (Å²) in [7, 11) is 0. The predicted molar refractivity (Wildman–Crippen MR) is 376 cm³/mol. The molecule has 4 aliphatic rings. The average molecular weight is 1600 g/mol. The molecule has 0 amide bonds. The van der Waals surface area contributed by atoms with Gasteiger partial charge in [0.25, 0.3) is 0 Å². The molecule has 0 nitrogen and oxygen atoms in total. The van der Waals surface area contributed by atoms with Crippen molar-refractivity contribution in [3.05, 3.63) is 305 Å². The summed E-state index contributed by atoms with van der Waals surface area (Å²) < 4.78 is 151. The fourth-order valence-electron chi connectivity index (χ4n) is 12.4. The fraction of sp³-hybridized carbons (Fsp3) is 0.326. The molecule has 0 aromatic heterocycles. The van der Waals surface area contributed by atoms with E-state index >= 15 is 0 Å². The van der Waals surface area contributed by atoms with E-state index in [2.05, 4.69) is 184 Å². The van der Waals surface area contributed by atoms with Gasteiger partial charge in [-0.1, -0.05) is 143 Å². The van der Waals surface area contributed by atoms with Gasteiger partial charge < -0.3 is 24.8 Å². The molecule has 0 fully saturated rings. The zero-order chi connectivity index (χ0) is 74.5. The molecule has 102 heavy (non-hydrogen) atoms. The van der Waals surface area contributed by atoms with Crippen molar-refractivity contribution < 1.29 is 126 Å². The standard InChI is InChI=1S/2C23H29.2C15H8F6.2C5H5.2ClH.2Zr/c2*1-14-9-16-11-17-10-15(2)21(23(6,7)8)13-19(17)18(16)12-20(14)22(3,4)5;2*16-14(17,18)12-5-1-10(2-6-12)9-11-3-7-13(8-4-11)15(19,20)21;2*1-2-4-5-3-1;;;;/h2*9,12-13H,11H2,1-8H3;2*1-8H;2*1-3H,4H2;2*1H;;/q2*-1;;;2*-1;;;2*+2/p-2. The second-order valence-corrected chi connectivity index (χ2v) is 31.9. The number of aryl methyl sites for hydroxylation is 4. The van der Waals surface area contributed by atoms with E-state index < -0.39 is 47.0 Å². The Kier molecular flexibility index (Phi) is 29.3. The van der Waals surface area contributed by atoms with Gasteiger partial charge in [-0.3, -0.25) is 12.2 Å². The minimum Gasteiger partial charge on any atom is -1.00 e. The van der Waals surface area contributed by atoms with Gasteiger partial charge >= 0.3 is 274 Å². The molecule has 8 aromatic rings. The summed E-state index contributed by atoms with van der Waals surface area (Å²) in [6.07, 6.45) is 4.42. The molecule has 0 spiro atoms. The van der Waals surface area contributed by atoms with E-state index in [1.165, 1.54) is 138 Å². The third kappa shape index (κ3) is 23.0. The Morgan fingerprint density at radius 1 is 0.333 bits per heavy atom. The number of rotatable bonds is 4. The summed E-state index contributed by atoms with van der Waals surface area (Å²) in [5.41, 5.74) is 22.4. The third-order valence-electron chi connectivity index (χ3n) is 17.3. The van der Waals surface area contributed by atoms with Crippen molar-refractivity contribution in [3.8, 4) is 22.3 Å². The molecule has 0 aliphatic heterocycles. The summed E-state index contributed by atoms with van der Waals surface area (Å²) in [6.45, 7) is 36.5. The van der Waals surface area contributed by atoms with Crippen LogP contribution in [0.2, 0.25) is 0 Å². The molecular formula is C86H84Cl2F12Zr2-2. The molecule has 4 aliphatic carbocycles. The van der Waals surface area contributed by atoms with E-state index in [4.69, 9.17) is 0 Å². The first-order chi connectivity index (χ1) is 46.1. The van der Waals surface area contributed by atoms with E-state index in [-0.39, 0.29) is 46.5 Å². The van der Waals surface area contributed by atoms with E-state index in [1.807, 2.05) is 24.3 Å². The number of halogens is 14. The summed E-state index contributed by atoms with van der Waals surface area (Å²) in [4.78, 5) is 0. The van der Waals surface area contributed by atoms with Crippen LogP contribution in [0.1, 0.15) is 207 Å². The summed E-state index contributed by atoms with van der Waals surface area (Å²) in [5, 5.41) is 0. The Labute approximate surface area is 637 Å². The molecule has 0 saturated heterocycles. The molecule has 0 atom stereocenters. The molecule has 536 valence electrons. The molecule has 0 unspecified atom stereocenters. The smallest absolute Gasteiger partial charge is 0.109 e. The van der Waals surface area contributed by atoms with E-state index in [0.29, 0.717) is 28.7 Å². The zero-order valence-corrected chi connectivity index (χ0v) is 66.7. The van der Waals surface area contributed by atoms with Gasteiger partial charge in [-0.2, -0.15) is 47.5 Å². The Morgan fingerprint density at radius 3 is 0.755 bits per heavy atom. The number of allylic oxidation sites excluding steroid dienone is 8. The zero-order valence-electron chi connectivity index (χ0n) is 60.3. The van der Waals surface area contributed by atoms with Crippen LogP contribution >= 0.6 is 0 Å². The molecule has 16 heteroatoms. The van der Waals surface area contributed by atoms with Crippen molar-refractivity contribution in [2.75, 3.05) is 0 Å². The number of hydrogen-bond acceptors (Lipinski definition) is 0. The van der Waals surface area contributed by atoms with Crippen molar-refractivity contribution in [2.45, 2.75) is 183 Å². The monoisotopic (exact) mass is 1590 g/mol.